The quantitative estimate of drug-likeness (QED) is 0.462. The number of halogens is 2. The monoisotopic (exact) mass is 543 g/mol. The maximum Gasteiger partial charge on any atom is 0.244 e. The van der Waals surface area contributed by atoms with Crippen LogP contribution in [0.4, 0.5) is 5.69 Å². The van der Waals surface area contributed by atoms with Gasteiger partial charge in [-0.15, -0.1) is 0 Å². The Hall–Kier alpha value is -2.49. The van der Waals surface area contributed by atoms with Crippen molar-refractivity contribution in [2.45, 2.75) is 33.4 Å². The number of hydrogen-bond acceptors (Lipinski definition) is 5. The molecule has 1 N–H and O–H groups in total. The van der Waals surface area contributed by atoms with Gasteiger partial charge in [-0.25, -0.2) is 8.42 Å². The number of anilines is 1. The number of ether oxygens (including phenoxy) is 1. The van der Waals surface area contributed by atoms with Crippen molar-refractivity contribution in [1.29, 1.82) is 0 Å². The van der Waals surface area contributed by atoms with Gasteiger partial charge in [0.2, 0.25) is 21.8 Å². The molecule has 11 heteroatoms. The normalized spacial score (nSPS) is 12.2. The fraction of sp³-hybridized carbons (Fsp3) is 0.417. The Morgan fingerprint density at radius 2 is 1.74 bits per heavy atom. The van der Waals surface area contributed by atoms with E-state index in [2.05, 4.69) is 5.32 Å². The van der Waals surface area contributed by atoms with Crippen LogP contribution >= 0.6 is 23.2 Å². The standard InChI is InChI=1S/C24H31Cl2N3O5S/c1-16(2)13-27-24(31)17(3)28(14-18-8-6-7-9-20(18)26)23(30)15-29(35(5,32)33)21-12-19(25)10-11-22(21)34-4/h6-12,16-17H,13-15H2,1-5H3,(H,27,31)/t17-/m0/s1. The lowest BCUT2D eigenvalue weighted by atomic mass is 10.1. The van der Waals surface area contributed by atoms with E-state index in [1.54, 1.807) is 37.3 Å². The van der Waals surface area contributed by atoms with Gasteiger partial charge >= 0.3 is 0 Å². The number of nitrogens with one attached hydrogen (secondary N) is 1. The molecule has 0 aliphatic heterocycles. The van der Waals surface area contributed by atoms with Gasteiger partial charge in [0.25, 0.3) is 0 Å². The maximum absolute atomic E-state index is 13.6. The van der Waals surface area contributed by atoms with Crippen LogP contribution in [0.5, 0.6) is 5.75 Å². The van der Waals surface area contributed by atoms with Gasteiger partial charge in [0.15, 0.2) is 0 Å². The number of carbonyl (C=O) groups is 2. The first-order valence-corrected chi connectivity index (χ1v) is 13.6. The first kappa shape index (κ1) is 28.7. The van der Waals surface area contributed by atoms with E-state index in [1.165, 1.54) is 24.1 Å². The Labute approximate surface area is 217 Å². The molecule has 1 atom stereocenters. The van der Waals surface area contributed by atoms with Crippen LogP contribution in [0.15, 0.2) is 42.5 Å². The molecule has 8 nitrogen and oxygen atoms in total. The average Bonchev–Trinajstić information content (AvgIpc) is 2.79. The third kappa shape index (κ3) is 8.02. The lowest BCUT2D eigenvalue weighted by molar-refractivity contribution is -0.139. The van der Waals surface area contributed by atoms with Gasteiger partial charge in [0, 0.05) is 23.1 Å². The van der Waals surface area contributed by atoms with Gasteiger partial charge in [-0.1, -0.05) is 55.2 Å². The van der Waals surface area contributed by atoms with Crippen molar-refractivity contribution in [3.8, 4) is 5.75 Å². The molecule has 0 spiro atoms. The number of nitrogens with zero attached hydrogens (tertiary/aromatic N) is 2. The molecule has 0 heterocycles. The van der Waals surface area contributed by atoms with E-state index in [0.29, 0.717) is 17.1 Å². The summed E-state index contributed by atoms with van der Waals surface area (Å²) in [5, 5.41) is 3.53. The minimum absolute atomic E-state index is 0.0130. The molecule has 192 valence electrons. The average molecular weight is 545 g/mol. The third-order valence-corrected chi connectivity index (χ3v) is 6.97. The van der Waals surface area contributed by atoms with Crippen molar-refractivity contribution in [2.24, 2.45) is 5.92 Å². The predicted molar refractivity (Wildman–Crippen MR) is 140 cm³/mol. The Bertz CT molecular complexity index is 1160. The second-order valence-electron chi connectivity index (χ2n) is 8.51. The van der Waals surface area contributed by atoms with Gasteiger partial charge < -0.3 is 15.0 Å². The van der Waals surface area contributed by atoms with Crippen molar-refractivity contribution in [1.82, 2.24) is 10.2 Å². The molecule has 0 unspecified atom stereocenters. The molecular weight excluding hydrogens is 513 g/mol. The van der Waals surface area contributed by atoms with Gasteiger partial charge in [-0.3, -0.25) is 13.9 Å². The molecular formula is C24H31Cl2N3O5S. The van der Waals surface area contributed by atoms with Gasteiger partial charge in [0.1, 0.15) is 18.3 Å². The minimum Gasteiger partial charge on any atom is -0.495 e. The minimum atomic E-state index is -3.92. The first-order valence-electron chi connectivity index (χ1n) is 11.0. The Kier molecular flexibility index (Phi) is 10.2. The molecule has 0 aliphatic rings. The highest BCUT2D eigenvalue weighted by molar-refractivity contribution is 7.92. The van der Waals surface area contributed by atoms with Gasteiger partial charge in [-0.2, -0.15) is 0 Å². The van der Waals surface area contributed by atoms with E-state index in [4.69, 9.17) is 27.9 Å². The maximum atomic E-state index is 13.6. The van der Waals surface area contributed by atoms with E-state index in [0.717, 1.165) is 10.6 Å². The second kappa shape index (κ2) is 12.5. The van der Waals surface area contributed by atoms with E-state index in [-0.39, 0.29) is 34.8 Å². The third-order valence-electron chi connectivity index (χ3n) is 5.24. The molecule has 2 amide bonds. The van der Waals surface area contributed by atoms with Crippen LogP contribution in [-0.2, 0) is 26.2 Å². The van der Waals surface area contributed by atoms with Crippen LogP contribution in [-0.4, -0.2) is 57.6 Å². The fourth-order valence-corrected chi connectivity index (χ4v) is 4.50. The largest absolute Gasteiger partial charge is 0.495 e. The number of hydrogen-bond donors (Lipinski definition) is 1. The molecule has 0 bridgehead atoms. The molecule has 2 aromatic carbocycles. The van der Waals surface area contributed by atoms with Crippen LogP contribution in [0.2, 0.25) is 10.0 Å². The summed E-state index contributed by atoms with van der Waals surface area (Å²) in [5.41, 5.74) is 0.739. The lowest BCUT2D eigenvalue weighted by Crippen LogP contribution is -2.51. The molecule has 2 rings (SSSR count). The highest BCUT2D eigenvalue weighted by Crippen LogP contribution is 2.33. The van der Waals surface area contributed by atoms with E-state index >= 15 is 0 Å². The summed E-state index contributed by atoms with van der Waals surface area (Å²) in [6.45, 7) is 5.39. The number of methoxy groups -OCH3 is 1. The molecule has 0 saturated heterocycles. The van der Waals surface area contributed by atoms with Crippen molar-refractivity contribution in [3.63, 3.8) is 0 Å². The van der Waals surface area contributed by atoms with Crippen LogP contribution in [0.3, 0.4) is 0 Å². The lowest BCUT2D eigenvalue weighted by Gasteiger charge is -2.32. The Balaban J connectivity index is 2.45. The fourth-order valence-electron chi connectivity index (χ4n) is 3.30. The van der Waals surface area contributed by atoms with Gasteiger partial charge in [0.05, 0.1) is 19.1 Å². The van der Waals surface area contributed by atoms with Crippen LogP contribution in [0.25, 0.3) is 0 Å². The van der Waals surface area contributed by atoms with Crippen molar-refractivity contribution in [2.75, 3.05) is 30.8 Å². The Morgan fingerprint density at radius 1 is 1.09 bits per heavy atom. The van der Waals surface area contributed by atoms with E-state index in [9.17, 15) is 18.0 Å². The highest BCUT2D eigenvalue weighted by Gasteiger charge is 2.31. The first-order chi connectivity index (χ1) is 16.3. The van der Waals surface area contributed by atoms with Crippen molar-refractivity contribution in [3.05, 3.63) is 58.1 Å². The molecule has 0 radical (unpaired) electrons. The zero-order valence-electron chi connectivity index (χ0n) is 20.4. The Morgan fingerprint density at radius 3 is 2.31 bits per heavy atom. The molecule has 35 heavy (non-hydrogen) atoms. The summed E-state index contributed by atoms with van der Waals surface area (Å²) in [5.74, 6) is -0.502. The molecule has 2 aromatic rings. The summed E-state index contributed by atoms with van der Waals surface area (Å²) in [6.07, 6.45) is 0.984. The number of sulfonamides is 1. The molecule has 0 fully saturated rings. The molecule has 0 saturated carbocycles. The van der Waals surface area contributed by atoms with Crippen molar-refractivity contribution < 1.29 is 22.7 Å². The summed E-state index contributed by atoms with van der Waals surface area (Å²) < 4.78 is 31.7. The number of benzene rings is 2. The second-order valence-corrected chi connectivity index (χ2v) is 11.3. The van der Waals surface area contributed by atoms with Gasteiger partial charge in [-0.05, 0) is 42.7 Å². The summed E-state index contributed by atoms with van der Waals surface area (Å²) in [4.78, 5) is 27.8. The smallest absolute Gasteiger partial charge is 0.244 e. The number of amides is 2. The number of rotatable bonds is 11. The number of carbonyl (C=O) groups excluding carboxylic acids is 2. The van der Waals surface area contributed by atoms with E-state index in [1.807, 2.05) is 13.8 Å². The van der Waals surface area contributed by atoms with E-state index < -0.39 is 28.5 Å². The topological polar surface area (TPSA) is 96.0 Å². The molecule has 0 aromatic heterocycles. The predicted octanol–water partition coefficient (Wildman–Crippen LogP) is 3.96. The molecule has 0 aliphatic carbocycles. The van der Waals surface area contributed by atoms with Crippen LogP contribution in [0.1, 0.15) is 26.3 Å². The highest BCUT2D eigenvalue weighted by atomic mass is 35.5. The van der Waals surface area contributed by atoms with Crippen LogP contribution < -0.4 is 14.4 Å². The summed E-state index contributed by atoms with van der Waals surface area (Å²) in [7, 11) is -2.54. The van der Waals surface area contributed by atoms with Crippen molar-refractivity contribution >= 4 is 50.7 Å². The van der Waals surface area contributed by atoms with Crippen LogP contribution in [0, 0.1) is 5.92 Å². The summed E-state index contributed by atoms with van der Waals surface area (Å²) >= 11 is 12.4. The summed E-state index contributed by atoms with van der Waals surface area (Å²) in [6, 6.07) is 10.5. The zero-order chi connectivity index (χ0) is 26.3. The zero-order valence-corrected chi connectivity index (χ0v) is 22.7. The SMILES string of the molecule is COc1ccc(Cl)cc1N(CC(=O)N(Cc1ccccc1Cl)[C@@H](C)C(=O)NCC(C)C)S(C)(=O)=O.